The lowest BCUT2D eigenvalue weighted by atomic mass is 9.91. The molecular formula is C25H29FN2O2. The zero-order valence-electron chi connectivity index (χ0n) is 17.7. The van der Waals surface area contributed by atoms with Crippen LogP contribution in [0.1, 0.15) is 48.7 Å². The number of carbonyl (C=O) groups is 1. The quantitative estimate of drug-likeness (QED) is 0.528. The second-order valence-corrected chi connectivity index (χ2v) is 8.10. The zero-order chi connectivity index (χ0) is 21.1. The van der Waals surface area contributed by atoms with Gasteiger partial charge in [-0.15, -0.1) is 0 Å². The molecule has 1 aromatic heterocycles. The Balaban J connectivity index is 1.59. The molecule has 0 aliphatic carbocycles. The molecule has 1 atom stereocenters. The Bertz CT molecular complexity index is 1030. The van der Waals surface area contributed by atoms with E-state index in [-0.39, 0.29) is 17.5 Å². The van der Waals surface area contributed by atoms with Gasteiger partial charge in [-0.25, -0.2) is 4.39 Å². The number of rotatable bonds is 6. The fourth-order valence-electron chi connectivity index (χ4n) is 4.56. The number of fused-ring (bicyclic) bond motifs is 1. The van der Waals surface area contributed by atoms with Crippen molar-refractivity contribution in [2.45, 2.75) is 39.0 Å². The Labute approximate surface area is 177 Å². The van der Waals surface area contributed by atoms with Gasteiger partial charge in [-0.1, -0.05) is 13.3 Å². The van der Waals surface area contributed by atoms with Crippen molar-refractivity contribution in [2.75, 3.05) is 25.1 Å². The van der Waals surface area contributed by atoms with Gasteiger partial charge in [0.1, 0.15) is 11.6 Å². The number of H-pyrrole nitrogens is 1. The molecule has 1 fully saturated rings. The number of anilines is 1. The van der Waals surface area contributed by atoms with E-state index in [0.29, 0.717) is 5.56 Å². The third-order valence-electron chi connectivity index (χ3n) is 6.10. The molecule has 2 heterocycles. The number of ether oxygens (including phenoxy) is 1. The number of nitrogens with one attached hydrogen (secondary N) is 1. The number of hydrogen-bond acceptors (Lipinski definition) is 3. The molecule has 0 radical (unpaired) electrons. The Morgan fingerprint density at radius 3 is 2.70 bits per heavy atom. The first-order valence-corrected chi connectivity index (χ1v) is 10.8. The number of carbonyl (C=O) groups excluding carboxylic acids is 1. The lowest BCUT2D eigenvalue weighted by Gasteiger charge is -2.24. The third-order valence-corrected chi connectivity index (χ3v) is 6.10. The van der Waals surface area contributed by atoms with Crippen LogP contribution in [0.25, 0.3) is 10.9 Å². The largest absolute Gasteiger partial charge is 0.497 e. The van der Waals surface area contributed by atoms with Crippen LogP contribution in [0.5, 0.6) is 5.75 Å². The summed E-state index contributed by atoms with van der Waals surface area (Å²) in [6.45, 7) is 3.95. The van der Waals surface area contributed by atoms with Gasteiger partial charge < -0.3 is 14.6 Å². The topological polar surface area (TPSA) is 45.3 Å². The maximum Gasteiger partial charge on any atom is 0.166 e. The number of aromatic nitrogens is 1. The Kier molecular flexibility index (Phi) is 6.07. The molecule has 1 unspecified atom stereocenters. The van der Waals surface area contributed by atoms with Crippen LogP contribution in [-0.2, 0) is 6.42 Å². The molecule has 30 heavy (non-hydrogen) atoms. The van der Waals surface area contributed by atoms with E-state index in [1.165, 1.54) is 28.9 Å². The fraction of sp³-hybridized carbons (Fsp3) is 0.400. The summed E-state index contributed by atoms with van der Waals surface area (Å²) in [5.41, 5.74) is 4.24. The van der Waals surface area contributed by atoms with Crippen molar-refractivity contribution >= 4 is 22.4 Å². The fourth-order valence-corrected chi connectivity index (χ4v) is 4.56. The molecule has 0 spiro atoms. The van der Waals surface area contributed by atoms with E-state index >= 15 is 0 Å². The summed E-state index contributed by atoms with van der Waals surface area (Å²) in [5, 5.41) is 1.18. The summed E-state index contributed by atoms with van der Waals surface area (Å²) in [4.78, 5) is 19.0. The number of Topliss-reactive ketones (excluding diaryl/α,β-unsaturated/α-hetero) is 1. The molecule has 1 aliphatic rings. The van der Waals surface area contributed by atoms with Gasteiger partial charge in [0.15, 0.2) is 5.78 Å². The zero-order valence-corrected chi connectivity index (χ0v) is 17.7. The van der Waals surface area contributed by atoms with Crippen LogP contribution in [0.4, 0.5) is 10.1 Å². The van der Waals surface area contributed by atoms with Crippen molar-refractivity contribution in [3.8, 4) is 5.75 Å². The molecule has 158 valence electrons. The molecule has 0 saturated carbocycles. The molecule has 0 amide bonds. The first-order chi connectivity index (χ1) is 14.6. The lowest BCUT2D eigenvalue weighted by Crippen LogP contribution is -2.25. The predicted octanol–water partition coefficient (Wildman–Crippen LogP) is 5.76. The second kappa shape index (κ2) is 8.90. The van der Waals surface area contributed by atoms with E-state index in [4.69, 9.17) is 4.74 Å². The van der Waals surface area contributed by atoms with Crippen LogP contribution >= 0.6 is 0 Å². The van der Waals surface area contributed by atoms with Crippen molar-refractivity contribution in [3.05, 3.63) is 59.5 Å². The van der Waals surface area contributed by atoms with Gasteiger partial charge in [-0.2, -0.15) is 0 Å². The third kappa shape index (κ3) is 4.07. The van der Waals surface area contributed by atoms with Crippen molar-refractivity contribution in [1.29, 1.82) is 0 Å². The summed E-state index contributed by atoms with van der Waals surface area (Å²) in [6.07, 6.45) is 4.68. The van der Waals surface area contributed by atoms with Crippen molar-refractivity contribution in [3.63, 3.8) is 0 Å². The normalized spacial score (nSPS) is 17.2. The van der Waals surface area contributed by atoms with Gasteiger partial charge in [0.2, 0.25) is 0 Å². The highest BCUT2D eigenvalue weighted by molar-refractivity contribution is 5.98. The molecule has 2 aromatic carbocycles. The van der Waals surface area contributed by atoms with Gasteiger partial charge >= 0.3 is 0 Å². The van der Waals surface area contributed by atoms with Crippen molar-refractivity contribution < 1.29 is 13.9 Å². The molecule has 4 nitrogen and oxygen atoms in total. The summed E-state index contributed by atoms with van der Waals surface area (Å²) in [7, 11) is 1.69. The Morgan fingerprint density at radius 2 is 1.97 bits per heavy atom. The van der Waals surface area contributed by atoms with Crippen LogP contribution in [-0.4, -0.2) is 31.0 Å². The van der Waals surface area contributed by atoms with Crippen LogP contribution in [0, 0.1) is 11.7 Å². The number of aromatic amines is 1. The first kappa shape index (κ1) is 20.5. The van der Waals surface area contributed by atoms with E-state index in [1.807, 2.05) is 6.07 Å². The second-order valence-electron chi connectivity index (χ2n) is 8.10. The smallest absolute Gasteiger partial charge is 0.166 e. The minimum absolute atomic E-state index is 0.0187. The predicted molar refractivity (Wildman–Crippen MR) is 119 cm³/mol. The standard InChI is InChI=1S/C25H29FN2O2/c1-3-5-23-24(21-16-20(30-2)11-12-22(21)27-23)28-14-4-6-17(13-15-28)25(29)18-7-9-19(26)10-8-18/h7-12,16-17,27H,3-6,13-15H2,1-2H3. The number of nitrogens with zero attached hydrogens (tertiary/aromatic N) is 1. The maximum absolute atomic E-state index is 13.2. The van der Waals surface area contributed by atoms with E-state index in [2.05, 4.69) is 28.9 Å². The molecule has 5 heteroatoms. The minimum Gasteiger partial charge on any atom is -0.497 e. The van der Waals surface area contributed by atoms with Crippen LogP contribution in [0.15, 0.2) is 42.5 Å². The number of halogens is 1. The number of benzene rings is 2. The van der Waals surface area contributed by atoms with E-state index in [1.54, 1.807) is 19.2 Å². The molecule has 1 saturated heterocycles. The molecule has 1 aliphatic heterocycles. The maximum atomic E-state index is 13.2. The molecule has 0 bridgehead atoms. The monoisotopic (exact) mass is 408 g/mol. The van der Waals surface area contributed by atoms with Gasteiger partial charge in [0.05, 0.1) is 12.8 Å². The summed E-state index contributed by atoms with van der Waals surface area (Å²) >= 11 is 0. The lowest BCUT2D eigenvalue weighted by molar-refractivity contribution is 0.0910. The Morgan fingerprint density at radius 1 is 1.17 bits per heavy atom. The SMILES string of the molecule is CCCc1[nH]c2ccc(OC)cc2c1N1CCCC(C(=O)c2ccc(F)cc2)CC1. The average molecular weight is 409 g/mol. The van der Waals surface area contributed by atoms with Crippen molar-refractivity contribution in [2.24, 2.45) is 5.92 Å². The summed E-state index contributed by atoms with van der Waals surface area (Å²) in [5.74, 6) is 0.655. The number of aryl methyl sites for hydroxylation is 1. The molecule has 4 rings (SSSR count). The number of ketones is 1. The van der Waals surface area contributed by atoms with Gasteiger partial charge in [-0.3, -0.25) is 4.79 Å². The van der Waals surface area contributed by atoms with E-state index < -0.39 is 0 Å². The number of hydrogen-bond donors (Lipinski definition) is 1. The highest BCUT2D eigenvalue weighted by atomic mass is 19.1. The molecular weight excluding hydrogens is 379 g/mol. The van der Waals surface area contributed by atoms with Gasteiger partial charge in [-0.05, 0) is 68.1 Å². The van der Waals surface area contributed by atoms with E-state index in [9.17, 15) is 9.18 Å². The molecule has 3 aromatic rings. The number of methoxy groups -OCH3 is 1. The summed E-state index contributed by atoms with van der Waals surface area (Å²) < 4.78 is 18.7. The van der Waals surface area contributed by atoms with Crippen LogP contribution < -0.4 is 9.64 Å². The van der Waals surface area contributed by atoms with E-state index in [0.717, 1.165) is 56.5 Å². The van der Waals surface area contributed by atoms with Crippen molar-refractivity contribution in [1.82, 2.24) is 4.98 Å². The Hall–Kier alpha value is -2.82. The highest BCUT2D eigenvalue weighted by Crippen LogP contribution is 2.36. The van der Waals surface area contributed by atoms with Gasteiger partial charge in [0.25, 0.3) is 0 Å². The van der Waals surface area contributed by atoms with Crippen LogP contribution in [0.2, 0.25) is 0 Å². The highest BCUT2D eigenvalue weighted by Gasteiger charge is 2.26. The van der Waals surface area contributed by atoms with Crippen LogP contribution in [0.3, 0.4) is 0 Å². The average Bonchev–Trinajstić information content (AvgIpc) is 2.94. The first-order valence-electron chi connectivity index (χ1n) is 10.8. The summed E-state index contributed by atoms with van der Waals surface area (Å²) in [6, 6.07) is 12.1. The minimum atomic E-state index is -0.309. The molecule has 1 N–H and O–H groups in total. The van der Waals surface area contributed by atoms with Gasteiger partial charge in [0, 0.05) is 41.2 Å².